The molecule has 3 aliphatic heterocycles. The summed E-state index contributed by atoms with van der Waals surface area (Å²) in [5, 5.41) is 1.42. The number of hydroxylamine groups is 2. The first-order chi connectivity index (χ1) is 14.1. The number of methoxy groups -OCH3 is 1. The zero-order valence-electron chi connectivity index (χ0n) is 16.6. The summed E-state index contributed by atoms with van der Waals surface area (Å²) in [7, 11) is 1.36. The molecule has 1 atom stereocenters. The Kier molecular flexibility index (Phi) is 5.47. The highest BCUT2D eigenvalue weighted by atomic mass is 16.7. The Morgan fingerprint density at radius 3 is 2.86 bits per heavy atom. The van der Waals surface area contributed by atoms with Crippen molar-refractivity contribution in [2.45, 2.75) is 31.3 Å². The van der Waals surface area contributed by atoms with Crippen molar-refractivity contribution in [3.63, 3.8) is 0 Å². The zero-order chi connectivity index (χ0) is 20.4. The quantitative estimate of drug-likeness (QED) is 0.531. The van der Waals surface area contributed by atoms with E-state index in [9.17, 15) is 9.59 Å². The van der Waals surface area contributed by atoms with E-state index in [0.29, 0.717) is 19.4 Å². The molecular weight excluding hydrogens is 376 g/mol. The van der Waals surface area contributed by atoms with E-state index in [1.165, 1.54) is 12.2 Å². The van der Waals surface area contributed by atoms with Gasteiger partial charge in [0.25, 0.3) is 0 Å². The number of ether oxygens (including phenoxy) is 3. The van der Waals surface area contributed by atoms with Crippen LogP contribution in [0.3, 0.4) is 0 Å². The Morgan fingerprint density at radius 1 is 1.34 bits per heavy atom. The van der Waals surface area contributed by atoms with Gasteiger partial charge in [-0.25, -0.2) is 5.06 Å². The number of hydrogen-bond acceptors (Lipinski definition) is 7. The van der Waals surface area contributed by atoms with Crippen LogP contribution in [0.2, 0.25) is 0 Å². The zero-order valence-corrected chi connectivity index (χ0v) is 16.6. The topological polar surface area (TPSA) is 77.5 Å². The van der Waals surface area contributed by atoms with Crippen molar-refractivity contribution in [2.24, 2.45) is 5.92 Å². The van der Waals surface area contributed by atoms with Gasteiger partial charge in [0.05, 0.1) is 25.2 Å². The summed E-state index contributed by atoms with van der Waals surface area (Å²) in [4.78, 5) is 33.0. The maximum atomic E-state index is 12.6. The van der Waals surface area contributed by atoms with Crippen molar-refractivity contribution in [1.82, 2.24) is 9.96 Å². The maximum Gasteiger partial charge on any atom is 0.311 e. The molecule has 1 amide bonds. The van der Waals surface area contributed by atoms with E-state index < -0.39 is 11.5 Å². The highest BCUT2D eigenvalue weighted by Gasteiger charge is 2.58. The van der Waals surface area contributed by atoms with Crippen molar-refractivity contribution >= 4 is 11.9 Å². The number of hydrogen-bond donors (Lipinski definition) is 0. The Morgan fingerprint density at radius 2 is 2.14 bits per heavy atom. The Balaban J connectivity index is 1.50. The van der Waals surface area contributed by atoms with Gasteiger partial charge in [-0.05, 0) is 18.9 Å². The second kappa shape index (κ2) is 8.04. The van der Waals surface area contributed by atoms with E-state index in [1.807, 2.05) is 18.2 Å². The maximum absolute atomic E-state index is 12.6. The van der Waals surface area contributed by atoms with Crippen LogP contribution >= 0.6 is 0 Å². The van der Waals surface area contributed by atoms with Crippen LogP contribution in [0, 0.1) is 5.92 Å². The van der Waals surface area contributed by atoms with Crippen LogP contribution in [0.1, 0.15) is 24.8 Å². The average molecular weight is 402 g/mol. The fraction of sp³-hybridized carbons (Fsp3) is 0.524. The number of esters is 1. The molecule has 1 aromatic carbocycles. The van der Waals surface area contributed by atoms with Crippen LogP contribution < -0.4 is 9.47 Å². The molecule has 2 saturated heterocycles. The van der Waals surface area contributed by atoms with Crippen LogP contribution in [-0.4, -0.2) is 61.0 Å². The molecule has 156 valence electrons. The lowest BCUT2D eigenvalue weighted by molar-refractivity contribution is -0.218. The molecule has 3 aliphatic rings. The number of para-hydroxylation sites is 1. The van der Waals surface area contributed by atoms with E-state index in [-0.39, 0.29) is 31.7 Å². The van der Waals surface area contributed by atoms with Gasteiger partial charge in [-0.15, -0.1) is 6.58 Å². The number of fused-ring (bicyclic) bond motifs is 1. The minimum atomic E-state index is -0.679. The molecule has 8 nitrogen and oxygen atoms in total. The van der Waals surface area contributed by atoms with E-state index in [0.717, 1.165) is 30.2 Å². The van der Waals surface area contributed by atoms with Crippen molar-refractivity contribution in [2.75, 3.05) is 33.6 Å². The van der Waals surface area contributed by atoms with Gasteiger partial charge in [-0.1, -0.05) is 18.2 Å². The standard InChI is InChI=1S/C21H26N2O6/c1-3-11-29-23-18(24)12-16(20(25)26-2)21(23)7-9-22(10-8-21)13-15-5-4-6-17-19(15)28-14-27-17/h3-6,16H,1,7-14H2,2H3. The molecule has 29 heavy (non-hydrogen) atoms. The number of rotatable bonds is 6. The molecule has 1 unspecified atom stereocenters. The third kappa shape index (κ3) is 3.47. The molecule has 0 radical (unpaired) electrons. The molecule has 3 heterocycles. The van der Waals surface area contributed by atoms with Crippen LogP contribution in [0.5, 0.6) is 11.5 Å². The molecule has 4 rings (SSSR count). The number of piperidine rings is 1. The van der Waals surface area contributed by atoms with Crippen LogP contribution in [-0.2, 0) is 25.7 Å². The SMILES string of the molecule is C=CCON1C(=O)CC(C(=O)OC)C12CCN(Cc1cccc3c1OCO3)CC2. The van der Waals surface area contributed by atoms with Gasteiger partial charge in [-0.3, -0.25) is 19.3 Å². The predicted octanol–water partition coefficient (Wildman–Crippen LogP) is 1.89. The van der Waals surface area contributed by atoms with E-state index in [2.05, 4.69) is 11.5 Å². The van der Waals surface area contributed by atoms with Gasteiger partial charge in [0.2, 0.25) is 12.7 Å². The Hall–Kier alpha value is -2.58. The smallest absolute Gasteiger partial charge is 0.311 e. The molecule has 2 fully saturated rings. The van der Waals surface area contributed by atoms with Crippen LogP contribution in [0.4, 0.5) is 0 Å². The van der Waals surface area contributed by atoms with Gasteiger partial charge in [0, 0.05) is 31.6 Å². The third-order valence-corrected chi connectivity index (χ3v) is 6.06. The fourth-order valence-electron chi connectivity index (χ4n) is 4.62. The van der Waals surface area contributed by atoms with Crippen molar-refractivity contribution in [1.29, 1.82) is 0 Å². The molecule has 0 bridgehead atoms. The lowest BCUT2D eigenvalue weighted by Crippen LogP contribution is -2.57. The van der Waals surface area contributed by atoms with Crippen LogP contribution in [0.25, 0.3) is 0 Å². The summed E-state index contributed by atoms with van der Waals surface area (Å²) in [5.41, 5.74) is 0.393. The minimum Gasteiger partial charge on any atom is -0.469 e. The lowest BCUT2D eigenvalue weighted by Gasteiger charge is -2.45. The fourth-order valence-corrected chi connectivity index (χ4v) is 4.62. The summed E-state index contributed by atoms with van der Waals surface area (Å²) in [5.74, 6) is 0.508. The Bertz CT molecular complexity index is 802. The largest absolute Gasteiger partial charge is 0.469 e. The van der Waals surface area contributed by atoms with Gasteiger partial charge < -0.3 is 14.2 Å². The molecule has 1 spiro atoms. The van der Waals surface area contributed by atoms with Gasteiger partial charge in [-0.2, -0.15) is 0 Å². The van der Waals surface area contributed by atoms with Crippen LogP contribution in [0.15, 0.2) is 30.9 Å². The van der Waals surface area contributed by atoms with E-state index in [1.54, 1.807) is 6.08 Å². The summed E-state index contributed by atoms with van der Waals surface area (Å²) >= 11 is 0. The lowest BCUT2D eigenvalue weighted by atomic mass is 9.77. The third-order valence-electron chi connectivity index (χ3n) is 6.06. The number of carbonyl (C=O) groups is 2. The van der Waals surface area contributed by atoms with Crippen molar-refractivity contribution in [3.8, 4) is 11.5 Å². The first-order valence-electron chi connectivity index (χ1n) is 9.83. The Labute approximate surface area is 169 Å². The number of carbonyl (C=O) groups excluding carboxylic acids is 2. The summed E-state index contributed by atoms with van der Waals surface area (Å²) < 4.78 is 16.1. The summed E-state index contributed by atoms with van der Waals surface area (Å²) in [6, 6.07) is 5.90. The average Bonchev–Trinajstić information content (AvgIpc) is 3.32. The summed E-state index contributed by atoms with van der Waals surface area (Å²) in [6.07, 6.45) is 2.96. The van der Waals surface area contributed by atoms with Crippen molar-refractivity contribution in [3.05, 3.63) is 36.4 Å². The second-order valence-electron chi connectivity index (χ2n) is 7.58. The molecule has 0 aliphatic carbocycles. The van der Waals surface area contributed by atoms with Gasteiger partial charge >= 0.3 is 5.97 Å². The summed E-state index contributed by atoms with van der Waals surface area (Å²) in [6.45, 7) is 6.28. The van der Waals surface area contributed by atoms with E-state index >= 15 is 0 Å². The number of nitrogens with zero attached hydrogens (tertiary/aromatic N) is 2. The highest BCUT2D eigenvalue weighted by Crippen LogP contribution is 2.45. The molecular formula is C21H26N2O6. The molecule has 0 aromatic heterocycles. The van der Waals surface area contributed by atoms with Crippen molar-refractivity contribution < 1.29 is 28.6 Å². The minimum absolute atomic E-state index is 0.112. The molecule has 0 N–H and O–H groups in total. The monoisotopic (exact) mass is 402 g/mol. The van der Waals surface area contributed by atoms with E-state index in [4.69, 9.17) is 19.0 Å². The number of amides is 1. The predicted molar refractivity (Wildman–Crippen MR) is 103 cm³/mol. The normalized spacial score (nSPS) is 22.9. The second-order valence-corrected chi connectivity index (χ2v) is 7.58. The molecule has 8 heteroatoms. The first kappa shape index (κ1) is 19.7. The number of benzene rings is 1. The highest BCUT2D eigenvalue weighted by molar-refractivity contribution is 5.88. The van der Waals surface area contributed by atoms with Gasteiger partial charge in [0.15, 0.2) is 11.5 Å². The number of likely N-dealkylation sites (tertiary alicyclic amines) is 1. The molecule has 0 saturated carbocycles. The molecule has 1 aromatic rings. The first-order valence-corrected chi connectivity index (χ1v) is 9.83. The van der Waals surface area contributed by atoms with Gasteiger partial charge in [0.1, 0.15) is 0 Å².